The molecular weight excluding hydrogens is 299 g/mol. The van der Waals surface area contributed by atoms with Gasteiger partial charge in [-0.1, -0.05) is 0 Å². The second-order valence-electron chi connectivity index (χ2n) is 6.45. The van der Waals surface area contributed by atoms with Crippen LogP contribution in [0.3, 0.4) is 0 Å². The molecule has 1 atom stereocenters. The van der Waals surface area contributed by atoms with E-state index in [1.807, 2.05) is 13.8 Å². The Balaban J connectivity index is 1.66. The summed E-state index contributed by atoms with van der Waals surface area (Å²) in [6.07, 6.45) is 2.04. The molecule has 0 bridgehead atoms. The third-order valence-electron chi connectivity index (χ3n) is 4.61. The highest BCUT2D eigenvalue weighted by molar-refractivity contribution is 5.82. The molecule has 1 aromatic carbocycles. The Morgan fingerprint density at radius 3 is 2.87 bits per heavy atom. The lowest BCUT2D eigenvalue weighted by molar-refractivity contribution is 0.155. The average molecular weight is 320 g/mol. The van der Waals surface area contributed by atoms with Crippen LogP contribution in [0.4, 0.5) is 9.18 Å². The number of aryl methyl sites for hydroxylation is 1. The number of hydrogen-bond acceptors (Lipinski definition) is 3. The quantitative estimate of drug-likeness (QED) is 0.793. The molecule has 124 valence electrons. The maximum Gasteiger partial charge on any atom is 0.315 e. The van der Waals surface area contributed by atoms with Crippen LogP contribution in [0.25, 0.3) is 11.0 Å². The van der Waals surface area contributed by atoms with E-state index >= 15 is 0 Å². The Morgan fingerprint density at radius 2 is 2.22 bits per heavy atom. The number of halogens is 1. The molecular formula is C17H21FN2O3. The number of urea groups is 1. The number of carbonyl (C=O) groups excluding carboxylic acids is 1. The summed E-state index contributed by atoms with van der Waals surface area (Å²) in [6, 6.07) is 4.00. The van der Waals surface area contributed by atoms with Gasteiger partial charge in [-0.05, 0) is 50.8 Å². The number of furan rings is 1. The van der Waals surface area contributed by atoms with E-state index in [9.17, 15) is 14.3 Å². The lowest BCUT2D eigenvalue weighted by atomic mass is 9.97. The molecule has 5 nitrogen and oxygen atoms in total. The van der Waals surface area contributed by atoms with Gasteiger partial charge in [0.1, 0.15) is 17.2 Å². The number of amides is 2. The van der Waals surface area contributed by atoms with E-state index in [4.69, 9.17) is 4.42 Å². The molecule has 2 amide bonds. The molecule has 1 aliphatic carbocycles. The zero-order valence-corrected chi connectivity index (χ0v) is 13.3. The second-order valence-corrected chi connectivity index (χ2v) is 6.45. The van der Waals surface area contributed by atoms with Gasteiger partial charge in [0.2, 0.25) is 0 Å². The van der Waals surface area contributed by atoms with Crippen LogP contribution >= 0.6 is 0 Å². The average Bonchev–Trinajstić information content (AvgIpc) is 3.33. The van der Waals surface area contributed by atoms with Crippen molar-refractivity contribution in [1.29, 1.82) is 0 Å². The smallest absolute Gasteiger partial charge is 0.315 e. The molecule has 0 spiro atoms. The number of rotatable bonds is 5. The number of aliphatic hydroxyl groups is 1. The van der Waals surface area contributed by atoms with E-state index in [1.54, 1.807) is 6.07 Å². The number of fused-ring (bicyclic) bond motifs is 1. The summed E-state index contributed by atoms with van der Waals surface area (Å²) >= 11 is 0. The summed E-state index contributed by atoms with van der Waals surface area (Å²) in [5, 5.41) is 15.8. The molecule has 1 aliphatic rings. The van der Waals surface area contributed by atoms with Gasteiger partial charge in [-0.2, -0.15) is 0 Å². The summed E-state index contributed by atoms with van der Waals surface area (Å²) < 4.78 is 19.0. The van der Waals surface area contributed by atoms with Gasteiger partial charge in [-0.3, -0.25) is 0 Å². The molecule has 2 aromatic rings. The summed E-state index contributed by atoms with van der Waals surface area (Å²) in [5.74, 6) is 0.605. The lowest BCUT2D eigenvalue weighted by Crippen LogP contribution is -2.53. The third kappa shape index (κ3) is 3.17. The van der Waals surface area contributed by atoms with Crippen molar-refractivity contribution in [3.63, 3.8) is 0 Å². The van der Waals surface area contributed by atoms with Crippen LogP contribution in [0.5, 0.6) is 0 Å². The highest BCUT2D eigenvalue weighted by atomic mass is 19.1. The molecule has 0 aliphatic heterocycles. The molecule has 3 N–H and O–H groups in total. The van der Waals surface area contributed by atoms with E-state index < -0.39 is 5.54 Å². The molecule has 1 unspecified atom stereocenters. The van der Waals surface area contributed by atoms with Crippen molar-refractivity contribution in [1.82, 2.24) is 10.6 Å². The molecule has 23 heavy (non-hydrogen) atoms. The normalized spacial score (nSPS) is 17.0. The monoisotopic (exact) mass is 320 g/mol. The third-order valence-corrected chi connectivity index (χ3v) is 4.61. The van der Waals surface area contributed by atoms with E-state index in [2.05, 4.69) is 10.6 Å². The van der Waals surface area contributed by atoms with Gasteiger partial charge in [-0.15, -0.1) is 0 Å². The van der Waals surface area contributed by atoms with Crippen molar-refractivity contribution < 1.29 is 18.7 Å². The maximum absolute atomic E-state index is 13.3. The van der Waals surface area contributed by atoms with Gasteiger partial charge in [0, 0.05) is 10.9 Å². The van der Waals surface area contributed by atoms with Crippen LogP contribution in [0.2, 0.25) is 0 Å². The summed E-state index contributed by atoms with van der Waals surface area (Å²) in [5.41, 5.74) is 0.821. The molecule has 1 aromatic heterocycles. The first-order valence-electron chi connectivity index (χ1n) is 7.77. The first kappa shape index (κ1) is 15.8. The number of carbonyl (C=O) groups is 1. The fourth-order valence-corrected chi connectivity index (χ4v) is 2.87. The molecule has 1 saturated carbocycles. The fourth-order valence-electron chi connectivity index (χ4n) is 2.87. The van der Waals surface area contributed by atoms with Gasteiger partial charge in [0.25, 0.3) is 0 Å². The Hall–Kier alpha value is -2.08. The van der Waals surface area contributed by atoms with Crippen LogP contribution in [-0.2, 0) is 6.54 Å². The summed E-state index contributed by atoms with van der Waals surface area (Å²) in [6.45, 7) is 3.80. The first-order valence-corrected chi connectivity index (χ1v) is 7.77. The molecule has 6 heteroatoms. The minimum atomic E-state index is -0.587. The molecule has 0 radical (unpaired) electrons. The molecule has 1 fully saturated rings. The van der Waals surface area contributed by atoms with Gasteiger partial charge in [0.15, 0.2) is 0 Å². The van der Waals surface area contributed by atoms with E-state index in [-0.39, 0.29) is 25.0 Å². The number of aliphatic hydroxyl groups excluding tert-OH is 1. The largest absolute Gasteiger partial charge is 0.459 e. The maximum atomic E-state index is 13.3. The van der Waals surface area contributed by atoms with Crippen molar-refractivity contribution in [2.75, 3.05) is 6.61 Å². The highest BCUT2D eigenvalue weighted by Gasteiger charge is 2.42. The Morgan fingerprint density at radius 1 is 1.48 bits per heavy atom. The Labute approximate surface area is 133 Å². The predicted molar refractivity (Wildman–Crippen MR) is 84.5 cm³/mol. The number of benzene rings is 1. The lowest BCUT2D eigenvalue weighted by Gasteiger charge is -2.28. The minimum absolute atomic E-state index is 0.0893. The second kappa shape index (κ2) is 5.85. The molecule has 1 heterocycles. The fraction of sp³-hybridized carbons (Fsp3) is 0.471. The molecule has 0 saturated heterocycles. The van der Waals surface area contributed by atoms with Gasteiger partial charge < -0.3 is 20.2 Å². The zero-order chi connectivity index (χ0) is 16.6. The van der Waals surface area contributed by atoms with Crippen LogP contribution in [0.15, 0.2) is 22.6 Å². The number of nitrogens with one attached hydrogen (secondary N) is 2. The first-order chi connectivity index (χ1) is 10.9. The summed E-state index contributed by atoms with van der Waals surface area (Å²) in [4.78, 5) is 12.1. The van der Waals surface area contributed by atoms with Crippen LogP contribution in [-0.4, -0.2) is 23.3 Å². The van der Waals surface area contributed by atoms with E-state index in [1.165, 1.54) is 12.1 Å². The minimum Gasteiger partial charge on any atom is -0.459 e. The van der Waals surface area contributed by atoms with Gasteiger partial charge in [0.05, 0.1) is 18.7 Å². The Bertz CT molecular complexity index is 739. The van der Waals surface area contributed by atoms with E-state index in [0.29, 0.717) is 22.6 Å². The topological polar surface area (TPSA) is 74.5 Å². The van der Waals surface area contributed by atoms with Crippen molar-refractivity contribution >= 4 is 17.0 Å². The molecule has 3 rings (SSSR count). The van der Waals surface area contributed by atoms with Crippen molar-refractivity contribution in [3.8, 4) is 0 Å². The Kier molecular flexibility index (Phi) is 4.02. The van der Waals surface area contributed by atoms with Crippen LogP contribution in [0.1, 0.15) is 31.1 Å². The van der Waals surface area contributed by atoms with Crippen molar-refractivity contribution in [2.45, 2.75) is 38.8 Å². The van der Waals surface area contributed by atoms with Crippen molar-refractivity contribution in [2.24, 2.45) is 5.92 Å². The van der Waals surface area contributed by atoms with E-state index in [0.717, 1.165) is 18.4 Å². The number of hydrogen-bond donors (Lipinski definition) is 3. The van der Waals surface area contributed by atoms with Crippen LogP contribution < -0.4 is 10.6 Å². The standard InChI is InChI=1S/C17H21FN2O3/c1-10-13-7-12(18)5-6-14(13)23-15(10)8-19-16(22)20-17(2,9-21)11-3-4-11/h5-7,11,21H,3-4,8-9H2,1-2H3,(H2,19,20,22). The van der Waals surface area contributed by atoms with Crippen molar-refractivity contribution in [3.05, 3.63) is 35.3 Å². The predicted octanol–water partition coefficient (Wildman–Crippen LogP) is 2.84. The van der Waals surface area contributed by atoms with Gasteiger partial charge in [-0.25, -0.2) is 9.18 Å². The summed E-state index contributed by atoms with van der Waals surface area (Å²) in [7, 11) is 0. The van der Waals surface area contributed by atoms with Gasteiger partial charge >= 0.3 is 6.03 Å². The zero-order valence-electron chi connectivity index (χ0n) is 13.3. The van der Waals surface area contributed by atoms with Crippen LogP contribution in [0, 0.1) is 18.7 Å². The SMILES string of the molecule is Cc1c(CNC(=O)NC(C)(CO)C2CC2)oc2ccc(F)cc12. The highest BCUT2D eigenvalue weighted by Crippen LogP contribution is 2.39.